The first-order chi connectivity index (χ1) is 7.19. The van der Waals surface area contributed by atoms with Gasteiger partial charge in [-0.15, -0.1) is 0 Å². The van der Waals surface area contributed by atoms with E-state index in [0.29, 0.717) is 23.7 Å². The van der Waals surface area contributed by atoms with Crippen molar-refractivity contribution in [3.05, 3.63) is 36.4 Å². The van der Waals surface area contributed by atoms with Gasteiger partial charge in [-0.25, -0.2) is 0 Å². The molecule has 1 aromatic carbocycles. The predicted octanol–water partition coefficient (Wildman–Crippen LogP) is 2.46. The van der Waals surface area contributed by atoms with E-state index in [2.05, 4.69) is 6.58 Å². The Balaban J connectivity index is 2.96. The standard InChI is InChI=1S/C12H14O3/c1-4-7-15-10-5-6-11(9(2)13)12(8-10)14-3/h4-6,8H,1,7H2,2-3H3. The molecule has 0 bridgehead atoms. The monoisotopic (exact) mass is 206 g/mol. The third kappa shape index (κ3) is 2.84. The van der Waals surface area contributed by atoms with Crippen molar-refractivity contribution in [1.82, 2.24) is 0 Å². The van der Waals surface area contributed by atoms with E-state index in [1.807, 2.05) is 0 Å². The highest BCUT2D eigenvalue weighted by Crippen LogP contribution is 2.24. The highest BCUT2D eigenvalue weighted by atomic mass is 16.5. The van der Waals surface area contributed by atoms with Crippen molar-refractivity contribution in [2.45, 2.75) is 6.92 Å². The summed E-state index contributed by atoms with van der Waals surface area (Å²) in [5.74, 6) is 1.17. The van der Waals surface area contributed by atoms with E-state index in [1.165, 1.54) is 14.0 Å². The van der Waals surface area contributed by atoms with Crippen LogP contribution in [0.4, 0.5) is 0 Å². The Morgan fingerprint density at radius 2 is 2.27 bits per heavy atom. The molecule has 3 nitrogen and oxygen atoms in total. The summed E-state index contributed by atoms with van der Waals surface area (Å²) in [6.45, 7) is 5.49. The molecule has 0 radical (unpaired) electrons. The highest BCUT2D eigenvalue weighted by molar-refractivity contribution is 5.97. The highest BCUT2D eigenvalue weighted by Gasteiger charge is 2.08. The van der Waals surface area contributed by atoms with Gasteiger partial charge in [-0.1, -0.05) is 12.7 Å². The van der Waals surface area contributed by atoms with Crippen LogP contribution in [0.2, 0.25) is 0 Å². The number of methoxy groups -OCH3 is 1. The molecule has 1 rings (SSSR count). The van der Waals surface area contributed by atoms with Gasteiger partial charge in [0.25, 0.3) is 0 Å². The molecule has 0 aliphatic heterocycles. The van der Waals surface area contributed by atoms with Gasteiger partial charge in [0.1, 0.15) is 18.1 Å². The Morgan fingerprint density at radius 1 is 1.53 bits per heavy atom. The molecule has 0 aliphatic rings. The Labute approximate surface area is 89.3 Å². The molecule has 0 aromatic heterocycles. The summed E-state index contributed by atoms with van der Waals surface area (Å²) in [6.07, 6.45) is 1.66. The summed E-state index contributed by atoms with van der Waals surface area (Å²) in [6, 6.07) is 5.13. The van der Waals surface area contributed by atoms with Crippen molar-refractivity contribution >= 4 is 5.78 Å². The second-order valence-corrected chi connectivity index (χ2v) is 3.02. The first-order valence-electron chi connectivity index (χ1n) is 4.61. The first kappa shape index (κ1) is 11.3. The lowest BCUT2D eigenvalue weighted by Gasteiger charge is -2.08. The maximum atomic E-state index is 11.2. The summed E-state index contributed by atoms with van der Waals surface area (Å²) in [7, 11) is 1.53. The lowest BCUT2D eigenvalue weighted by Crippen LogP contribution is -1.99. The Bertz CT molecular complexity index is 369. The van der Waals surface area contributed by atoms with Crippen LogP contribution in [0.5, 0.6) is 11.5 Å². The van der Waals surface area contributed by atoms with Gasteiger partial charge in [0, 0.05) is 6.07 Å². The number of Topliss-reactive ketones (excluding diaryl/α,β-unsaturated/α-hetero) is 1. The van der Waals surface area contributed by atoms with Gasteiger partial charge < -0.3 is 9.47 Å². The van der Waals surface area contributed by atoms with E-state index < -0.39 is 0 Å². The molecule has 0 unspecified atom stereocenters. The summed E-state index contributed by atoms with van der Waals surface area (Å²) in [5, 5.41) is 0. The number of hydrogen-bond donors (Lipinski definition) is 0. The van der Waals surface area contributed by atoms with Crippen molar-refractivity contribution in [3.63, 3.8) is 0 Å². The van der Waals surface area contributed by atoms with E-state index >= 15 is 0 Å². The lowest BCUT2D eigenvalue weighted by atomic mass is 10.1. The molecule has 0 amide bonds. The van der Waals surface area contributed by atoms with Gasteiger partial charge in [-0.05, 0) is 19.1 Å². The van der Waals surface area contributed by atoms with Gasteiger partial charge in [0.05, 0.1) is 12.7 Å². The Morgan fingerprint density at radius 3 is 2.80 bits per heavy atom. The number of carbonyl (C=O) groups is 1. The Kier molecular flexibility index (Phi) is 3.92. The van der Waals surface area contributed by atoms with E-state index in [4.69, 9.17) is 9.47 Å². The van der Waals surface area contributed by atoms with Crippen LogP contribution in [0.1, 0.15) is 17.3 Å². The topological polar surface area (TPSA) is 35.5 Å². The van der Waals surface area contributed by atoms with Gasteiger partial charge >= 0.3 is 0 Å². The van der Waals surface area contributed by atoms with Crippen molar-refractivity contribution in [2.75, 3.05) is 13.7 Å². The summed E-state index contributed by atoms with van der Waals surface area (Å²) in [5.41, 5.74) is 0.559. The van der Waals surface area contributed by atoms with Crippen molar-refractivity contribution in [3.8, 4) is 11.5 Å². The van der Waals surface area contributed by atoms with E-state index in [9.17, 15) is 4.79 Å². The molecule has 0 fully saturated rings. The molecule has 0 N–H and O–H groups in total. The molecule has 15 heavy (non-hydrogen) atoms. The molecule has 0 heterocycles. The zero-order chi connectivity index (χ0) is 11.3. The Hall–Kier alpha value is -1.77. The van der Waals surface area contributed by atoms with Crippen LogP contribution >= 0.6 is 0 Å². The van der Waals surface area contributed by atoms with E-state index in [-0.39, 0.29) is 5.78 Å². The molecule has 0 saturated carbocycles. The van der Waals surface area contributed by atoms with Crippen LogP contribution < -0.4 is 9.47 Å². The van der Waals surface area contributed by atoms with Gasteiger partial charge in [0.15, 0.2) is 5.78 Å². The number of ketones is 1. The number of benzene rings is 1. The summed E-state index contributed by atoms with van der Waals surface area (Å²) >= 11 is 0. The second-order valence-electron chi connectivity index (χ2n) is 3.02. The van der Waals surface area contributed by atoms with Crippen LogP contribution in [-0.2, 0) is 0 Å². The quantitative estimate of drug-likeness (QED) is 0.548. The van der Waals surface area contributed by atoms with Gasteiger partial charge in [-0.2, -0.15) is 0 Å². The van der Waals surface area contributed by atoms with Crippen LogP contribution in [-0.4, -0.2) is 19.5 Å². The van der Waals surface area contributed by atoms with E-state index in [0.717, 1.165) is 0 Å². The molecule has 80 valence electrons. The van der Waals surface area contributed by atoms with E-state index in [1.54, 1.807) is 24.3 Å². The fourth-order valence-corrected chi connectivity index (χ4v) is 1.21. The third-order valence-electron chi connectivity index (χ3n) is 1.92. The maximum absolute atomic E-state index is 11.2. The molecular weight excluding hydrogens is 192 g/mol. The minimum atomic E-state index is -0.0258. The maximum Gasteiger partial charge on any atom is 0.163 e. The molecule has 0 saturated heterocycles. The zero-order valence-corrected chi connectivity index (χ0v) is 8.95. The van der Waals surface area contributed by atoms with Crippen LogP contribution in [0.3, 0.4) is 0 Å². The predicted molar refractivity (Wildman–Crippen MR) is 58.7 cm³/mol. The average molecular weight is 206 g/mol. The van der Waals surface area contributed by atoms with Crippen LogP contribution in [0.25, 0.3) is 0 Å². The smallest absolute Gasteiger partial charge is 0.163 e. The van der Waals surface area contributed by atoms with Crippen molar-refractivity contribution in [1.29, 1.82) is 0 Å². The minimum Gasteiger partial charge on any atom is -0.496 e. The first-order valence-corrected chi connectivity index (χ1v) is 4.61. The molecule has 0 spiro atoms. The SMILES string of the molecule is C=CCOc1ccc(C(C)=O)c(OC)c1. The molecular formula is C12H14O3. The normalized spacial score (nSPS) is 9.47. The van der Waals surface area contributed by atoms with Crippen molar-refractivity contribution < 1.29 is 14.3 Å². The molecule has 0 aliphatic carbocycles. The number of carbonyl (C=O) groups excluding carboxylic acids is 1. The number of rotatable bonds is 5. The van der Waals surface area contributed by atoms with Crippen LogP contribution in [0, 0.1) is 0 Å². The molecule has 1 aromatic rings. The van der Waals surface area contributed by atoms with Crippen molar-refractivity contribution in [2.24, 2.45) is 0 Å². The van der Waals surface area contributed by atoms with Crippen LogP contribution in [0.15, 0.2) is 30.9 Å². The largest absolute Gasteiger partial charge is 0.496 e. The third-order valence-corrected chi connectivity index (χ3v) is 1.92. The average Bonchev–Trinajstić information content (AvgIpc) is 2.25. The van der Waals surface area contributed by atoms with Gasteiger partial charge in [-0.3, -0.25) is 4.79 Å². The molecule has 0 atom stereocenters. The number of hydrogen-bond acceptors (Lipinski definition) is 3. The van der Waals surface area contributed by atoms with Gasteiger partial charge in [0.2, 0.25) is 0 Å². The summed E-state index contributed by atoms with van der Waals surface area (Å²) < 4.78 is 10.4. The minimum absolute atomic E-state index is 0.0258. The molecule has 3 heteroatoms. The fourth-order valence-electron chi connectivity index (χ4n) is 1.21. The second kappa shape index (κ2) is 5.20. The summed E-state index contributed by atoms with van der Waals surface area (Å²) in [4.78, 5) is 11.2. The number of ether oxygens (including phenoxy) is 2. The fraction of sp³-hybridized carbons (Fsp3) is 0.250. The lowest BCUT2D eigenvalue weighted by molar-refractivity contribution is 0.101. The zero-order valence-electron chi connectivity index (χ0n) is 8.95.